The van der Waals surface area contributed by atoms with Gasteiger partial charge in [0.15, 0.2) is 0 Å². The average Bonchev–Trinajstić information content (AvgIpc) is 3.53. The minimum Gasteiger partial charge on any atom is -0.254 e. The lowest BCUT2D eigenvalue weighted by Gasteiger charge is -2.34. The minimum atomic E-state index is -0.475. The minimum absolute atomic E-state index is 0.475. The zero-order valence-electron chi connectivity index (χ0n) is 29.9. The SMILES string of the molecule is C=C/C=N\c1c(C)ccc2ccc(-c3ccc(-c4nc5ccccc5c5cc6c(cc45)-c4ccccc4C6(c4ccccc4)c4ccccc4)cc3)nc12. The van der Waals surface area contributed by atoms with Crippen LogP contribution in [0.25, 0.3) is 66.2 Å². The Morgan fingerprint density at radius 1 is 0.556 bits per heavy atom. The van der Waals surface area contributed by atoms with Crippen LogP contribution in [0.5, 0.6) is 0 Å². The third-order valence-corrected chi connectivity index (χ3v) is 11.1. The number of aliphatic imine (C=N–C) groups is 1. The maximum absolute atomic E-state index is 5.36. The highest BCUT2D eigenvalue weighted by atomic mass is 14.8. The fraction of sp³-hybridized carbons (Fsp3) is 0.0392. The van der Waals surface area contributed by atoms with Crippen molar-refractivity contribution < 1.29 is 0 Å². The molecule has 1 aliphatic rings. The number of para-hydroxylation sites is 1. The number of fused-ring (bicyclic) bond motifs is 7. The van der Waals surface area contributed by atoms with Crippen molar-refractivity contribution in [2.75, 3.05) is 0 Å². The van der Waals surface area contributed by atoms with Crippen molar-refractivity contribution in [1.82, 2.24) is 9.97 Å². The Balaban J connectivity index is 1.19. The van der Waals surface area contributed by atoms with Gasteiger partial charge >= 0.3 is 0 Å². The third-order valence-electron chi connectivity index (χ3n) is 11.1. The molecule has 7 aromatic carbocycles. The van der Waals surface area contributed by atoms with E-state index in [4.69, 9.17) is 9.97 Å². The van der Waals surface area contributed by atoms with Crippen molar-refractivity contribution in [3.63, 3.8) is 0 Å². The molecule has 0 amide bonds. The van der Waals surface area contributed by atoms with E-state index < -0.39 is 5.41 Å². The van der Waals surface area contributed by atoms with Crippen LogP contribution in [0.1, 0.15) is 27.8 Å². The van der Waals surface area contributed by atoms with Crippen LogP contribution in [-0.2, 0) is 5.41 Å². The molecule has 0 N–H and O–H groups in total. The summed E-state index contributed by atoms with van der Waals surface area (Å²) in [5, 5.41) is 4.53. The molecule has 0 spiro atoms. The van der Waals surface area contributed by atoms with Crippen LogP contribution >= 0.6 is 0 Å². The quantitative estimate of drug-likeness (QED) is 0.129. The number of aryl methyl sites for hydroxylation is 1. The van der Waals surface area contributed by atoms with E-state index in [9.17, 15) is 0 Å². The summed E-state index contributed by atoms with van der Waals surface area (Å²) in [5.41, 5.74) is 14.9. The third kappa shape index (κ3) is 4.79. The number of rotatable bonds is 6. The molecule has 3 nitrogen and oxygen atoms in total. The van der Waals surface area contributed by atoms with Crippen LogP contribution in [0.15, 0.2) is 188 Å². The van der Waals surface area contributed by atoms with Crippen molar-refractivity contribution in [3.05, 3.63) is 210 Å². The Hall–Kier alpha value is -6.97. The predicted molar refractivity (Wildman–Crippen MR) is 226 cm³/mol. The molecule has 2 aromatic heterocycles. The summed E-state index contributed by atoms with van der Waals surface area (Å²) in [7, 11) is 0. The molecule has 54 heavy (non-hydrogen) atoms. The first-order chi connectivity index (χ1) is 26.6. The van der Waals surface area contributed by atoms with E-state index in [0.29, 0.717) is 0 Å². The van der Waals surface area contributed by atoms with Gasteiger partial charge in [-0.25, -0.2) is 9.97 Å². The summed E-state index contributed by atoms with van der Waals surface area (Å²) in [6.45, 7) is 5.87. The van der Waals surface area contributed by atoms with Gasteiger partial charge in [0, 0.05) is 33.5 Å². The number of aromatic nitrogens is 2. The Kier molecular flexibility index (Phi) is 7.41. The maximum Gasteiger partial charge on any atom is 0.0968 e. The molecule has 0 radical (unpaired) electrons. The van der Waals surface area contributed by atoms with Gasteiger partial charge in [0.25, 0.3) is 0 Å². The van der Waals surface area contributed by atoms with Gasteiger partial charge in [-0.3, -0.25) is 4.99 Å². The predicted octanol–water partition coefficient (Wildman–Crippen LogP) is 12.8. The molecule has 0 aliphatic heterocycles. The van der Waals surface area contributed by atoms with E-state index in [1.54, 1.807) is 12.3 Å². The lowest BCUT2D eigenvalue weighted by Crippen LogP contribution is -2.28. The van der Waals surface area contributed by atoms with Crippen LogP contribution < -0.4 is 0 Å². The molecule has 0 saturated heterocycles. The average molecular weight is 690 g/mol. The van der Waals surface area contributed by atoms with Gasteiger partial charge in [-0.05, 0) is 75.5 Å². The standard InChI is InChI=1S/C51H35N3/c1-3-30-52-48-33(2)22-23-36-28-29-46(53-50(36)48)34-24-26-35(27-25-34)49-43-31-42-39-18-10-12-20-44(39)51(37-14-6-4-7-15-37,38-16-8-5-9-17-38)45(42)32-41(43)40-19-11-13-21-47(40)54-49/h3-32H,1H2,2H3/b52-30-. The number of nitrogens with zero attached hydrogens (tertiary/aromatic N) is 3. The Morgan fingerprint density at radius 2 is 1.22 bits per heavy atom. The first-order valence-corrected chi connectivity index (χ1v) is 18.4. The lowest BCUT2D eigenvalue weighted by molar-refractivity contribution is 0.769. The van der Waals surface area contributed by atoms with E-state index in [1.165, 1.54) is 38.8 Å². The lowest BCUT2D eigenvalue weighted by atomic mass is 9.67. The first kappa shape index (κ1) is 31.7. The van der Waals surface area contributed by atoms with Crippen molar-refractivity contribution in [2.24, 2.45) is 4.99 Å². The molecule has 0 atom stereocenters. The zero-order valence-corrected chi connectivity index (χ0v) is 29.9. The Labute approximate surface area is 314 Å². The Morgan fingerprint density at radius 3 is 1.98 bits per heavy atom. The highest BCUT2D eigenvalue weighted by Gasteiger charge is 2.46. The molecular formula is C51H35N3. The van der Waals surface area contributed by atoms with Crippen LogP contribution in [-0.4, -0.2) is 16.2 Å². The van der Waals surface area contributed by atoms with E-state index in [1.807, 2.05) is 0 Å². The second-order valence-corrected chi connectivity index (χ2v) is 14.0. The van der Waals surface area contributed by atoms with Crippen LogP contribution in [0.4, 0.5) is 5.69 Å². The summed E-state index contributed by atoms with van der Waals surface area (Å²) in [6.07, 6.45) is 3.42. The maximum atomic E-state index is 5.36. The van der Waals surface area contributed by atoms with Gasteiger partial charge in [0.2, 0.25) is 0 Å². The first-order valence-electron chi connectivity index (χ1n) is 18.4. The monoisotopic (exact) mass is 689 g/mol. The molecule has 9 aromatic rings. The van der Waals surface area contributed by atoms with Crippen molar-refractivity contribution >= 4 is 44.5 Å². The Bertz CT molecular complexity index is 2900. The molecule has 0 fully saturated rings. The smallest absolute Gasteiger partial charge is 0.0968 e. The number of allylic oxidation sites excluding steroid dienone is 1. The van der Waals surface area contributed by atoms with Crippen molar-refractivity contribution in [2.45, 2.75) is 12.3 Å². The van der Waals surface area contributed by atoms with E-state index in [2.05, 4.69) is 188 Å². The molecule has 1 aliphatic carbocycles. The van der Waals surface area contributed by atoms with Gasteiger partial charge in [0.05, 0.1) is 33.5 Å². The second-order valence-electron chi connectivity index (χ2n) is 14.0. The van der Waals surface area contributed by atoms with E-state index >= 15 is 0 Å². The van der Waals surface area contributed by atoms with Crippen molar-refractivity contribution in [1.29, 1.82) is 0 Å². The van der Waals surface area contributed by atoms with Gasteiger partial charge in [-0.1, -0.05) is 158 Å². The normalized spacial score (nSPS) is 13.1. The molecule has 254 valence electrons. The van der Waals surface area contributed by atoms with Crippen LogP contribution in [0.2, 0.25) is 0 Å². The number of hydrogen-bond acceptors (Lipinski definition) is 3. The van der Waals surface area contributed by atoms with E-state index in [-0.39, 0.29) is 0 Å². The van der Waals surface area contributed by atoms with Gasteiger partial charge in [-0.15, -0.1) is 0 Å². The van der Waals surface area contributed by atoms with E-state index in [0.717, 1.165) is 61.0 Å². The van der Waals surface area contributed by atoms with Gasteiger partial charge < -0.3 is 0 Å². The number of hydrogen-bond donors (Lipinski definition) is 0. The van der Waals surface area contributed by atoms with Crippen LogP contribution in [0, 0.1) is 6.92 Å². The molecule has 10 rings (SSSR count). The summed E-state index contributed by atoms with van der Waals surface area (Å²) in [5.74, 6) is 0. The summed E-state index contributed by atoms with van der Waals surface area (Å²) < 4.78 is 0. The molecule has 0 saturated carbocycles. The summed E-state index contributed by atoms with van der Waals surface area (Å²) in [4.78, 5) is 15.1. The molecule has 3 heteroatoms. The summed E-state index contributed by atoms with van der Waals surface area (Å²) >= 11 is 0. The molecule has 0 bridgehead atoms. The largest absolute Gasteiger partial charge is 0.254 e. The molecule has 0 unspecified atom stereocenters. The van der Waals surface area contributed by atoms with Gasteiger partial charge in [-0.2, -0.15) is 0 Å². The fourth-order valence-electron chi connectivity index (χ4n) is 8.63. The summed E-state index contributed by atoms with van der Waals surface area (Å²) in [6, 6.07) is 61.4. The second kappa shape index (κ2) is 12.6. The molecule has 2 heterocycles. The van der Waals surface area contributed by atoms with Crippen LogP contribution in [0.3, 0.4) is 0 Å². The fourth-order valence-corrected chi connectivity index (χ4v) is 8.63. The highest BCUT2D eigenvalue weighted by molar-refractivity contribution is 6.13. The highest BCUT2D eigenvalue weighted by Crippen LogP contribution is 2.57. The topological polar surface area (TPSA) is 38.1 Å². The zero-order chi connectivity index (χ0) is 36.2. The molecular weight excluding hydrogens is 655 g/mol. The number of pyridine rings is 2. The number of benzene rings is 7. The van der Waals surface area contributed by atoms with Gasteiger partial charge in [0.1, 0.15) is 0 Å². The van der Waals surface area contributed by atoms with Crippen molar-refractivity contribution in [3.8, 4) is 33.6 Å².